The van der Waals surface area contributed by atoms with Gasteiger partial charge in [-0.2, -0.15) is 0 Å². The number of hydrogen-bond acceptors (Lipinski definition) is 4. The molecule has 0 bridgehead atoms. The van der Waals surface area contributed by atoms with Crippen molar-refractivity contribution in [2.24, 2.45) is 0 Å². The van der Waals surface area contributed by atoms with Crippen LogP contribution in [0.15, 0.2) is 0 Å². The lowest BCUT2D eigenvalue weighted by Crippen LogP contribution is -2.46. The predicted molar refractivity (Wildman–Crippen MR) is 33.5 cm³/mol. The molecular formula is C6H12O4. The molecule has 3 N–H and O–H groups in total. The lowest BCUT2D eigenvalue weighted by molar-refractivity contribution is -0.147. The minimum atomic E-state index is -0.932. The molecule has 1 saturated heterocycles. The molecule has 4 heteroatoms. The highest BCUT2D eigenvalue weighted by atomic mass is 16.5. The molecule has 3 atom stereocenters. The van der Waals surface area contributed by atoms with E-state index >= 15 is 0 Å². The summed E-state index contributed by atoms with van der Waals surface area (Å²) >= 11 is 0. The fraction of sp³-hybridized carbons (Fsp3) is 1.00. The summed E-state index contributed by atoms with van der Waals surface area (Å²) in [6.07, 6.45) is -1.84. The van der Waals surface area contributed by atoms with Crippen LogP contribution in [-0.4, -0.2) is 46.8 Å². The van der Waals surface area contributed by atoms with Gasteiger partial charge in [-0.3, -0.25) is 0 Å². The Hall–Kier alpha value is -0.160. The maximum atomic E-state index is 9.10. The molecule has 0 aliphatic carbocycles. The molecule has 1 heterocycles. The van der Waals surface area contributed by atoms with E-state index in [0.29, 0.717) is 13.0 Å². The van der Waals surface area contributed by atoms with Gasteiger partial charge in [-0.05, 0) is 6.42 Å². The molecule has 10 heavy (non-hydrogen) atoms. The molecule has 0 radical (unpaired) electrons. The third kappa shape index (κ3) is 1.46. The fourth-order valence-electron chi connectivity index (χ4n) is 1.02. The Morgan fingerprint density at radius 1 is 1.40 bits per heavy atom. The van der Waals surface area contributed by atoms with Gasteiger partial charge in [0.15, 0.2) is 0 Å². The summed E-state index contributed by atoms with van der Waals surface area (Å²) in [7, 11) is 0. The zero-order valence-corrected chi connectivity index (χ0v) is 5.60. The van der Waals surface area contributed by atoms with Crippen LogP contribution in [0.5, 0.6) is 0 Å². The molecule has 1 fully saturated rings. The van der Waals surface area contributed by atoms with Crippen LogP contribution in [0.2, 0.25) is 0 Å². The minimum Gasteiger partial charge on any atom is -0.394 e. The Labute approximate surface area is 59.1 Å². The number of ether oxygens (including phenoxy) is 1. The molecule has 1 aliphatic rings. The van der Waals surface area contributed by atoms with Crippen molar-refractivity contribution in [1.29, 1.82) is 0 Å². The SMILES string of the molecule is OC[C@H]1OCC[C@@H](O)[C@@H]1O. The molecule has 0 aromatic rings. The summed E-state index contributed by atoms with van der Waals surface area (Å²) < 4.78 is 4.95. The van der Waals surface area contributed by atoms with E-state index in [2.05, 4.69) is 0 Å². The topological polar surface area (TPSA) is 69.9 Å². The van der Waals surface area contributed by atoms with Crippen molar-refractivity contribution in [3.05, 3.63) is 0 Å². The van der Waals surface area contributed by atoms with Gasteiger partial charge in [-0.25, -0.2) is 0 Å². The third-order valence-corrected chi connectivity index (χ3v) is 1.70. The van der Waals surface area contributed by atoms with Gasteiger partial charge >= 0.3 is 0 Å². The summed E-state index contributed by atoms with van der Waals surface area (Å²) in [6, 6.07) is 0. The van der Waals surface area contributed by atoms with Crippen LogP contribution < -0.4 is 0 Å². The van der Waals surface area contributed by atoms with E-state index in [4.69, 9.17) is 20.1 Å². The van der Waals surface area contributed by atoms with Crippen molar-refractivity contribution >= 4 is 0 Å². The predicted octanol–water partition coefficient (Wildman–Crippen LogP) is -1.51. The van der Waals surface area contributed by atoms with E-state index in [1.54, 1.807) is 0 Å². The van der Waals surface area contributed by atoms with E-state index in [1.807, 2.05) is 0 Å². The highest BCUT2D eigenvalue weighted by Crippen LogP contribution is 2.13. The molecule has 0 aromatic carbocycles. The highest BCUT2D eigenvalue weighted by Gasteiger charge is 2.30. The van der Waals surface area contributed by atoms with Crippen LogP contribution >= 0.6 is 0 Å². The summed E-state index contributed by atoms with van der Waals surface area (Å²) in [5.74, 6) is 0. The quantitative estimate of drug-likeness (QED) is 0.423. The van der Waals surface area contributed by atoms with Crippen molar-refractivity contribution in [1.82, 2.24) is 0 Å². The first-order chi connectivity index (χ1) is 4.75. The van der Waals surface area contributed by atoms with Crippen molar-refractivity contribution in [3.8, 4) is 0 Å². The summed E-state index contributed by atoms with van der Waals surface area (Å²) in [4.78, 5) is 0. The standard InChI is InChI=1S/C6H12O4/c7-3-5-6(9)4(8)1-2-10-5/h4-9H,1-3H2/t4-,5-,6+/m1/s1. The molecule has 4 nitrogen and oxygen atoms in total. The van der Waals surface area contributed by atoms with Crippen molar-refractivity contribution in [2.75, 3.05) is 13.2 Å². The summed E-state index contributed by atoms with van der Waals surface area (Å²) in [5, 5.41) is 26.7. The molecular weight excluding hydrogens is 136 g/mol. The van der Waals surface area contributed by atoms with Crippen molar-refractivity contribution in [3.63, 3.8) is 0 Å². The third-order valence-electron chi connectivity index (χ3n) is 1.70. The second-order valence-corrected chi connectivity index (χ2v) is 2.44. The largest absolute Gasteiger partial charge is 0.394 e. The van der Waals surface area contributed by atoms with E-state index in [9.17, 15) is 0 Å². The van der Waals surface area contributed by atoms with E-state index < -0.39 is 18.3 Å². The second kappa shape index (κ2) is 3.30. The zero-order valence-electron chi connectivity index (χ0n) is 5.60. The Balaban J connectivity index is 2.42. The molecule has 0 unspecified atom stereocenters. The Bertz CT molecular complexity index is 106. The average molecular weight is 148 g/mol. The average Bonchev–Trinajstić information content (AvgIpc) is 1.95. The lowest BCUT2D eigenvalue weighted by Gasteiger charge is -2.30. The Morgan fingerprint density at radius 2 is 2.10 bits per heavy atom. The van der Waals surface area contributed by atoms with Crippen molar-refractivity contribution < 1.29 is 20.1 Å². The molecule has 0 saturated carbocycles. The normalized spacial score (nSPS) is 41.7. The highest BCUT2D eigenvalue weighted by molar-refractivity contribution is 4.79. The minimum absolute atomic E-state index is 0.238. The number of rotatable bonds is 1. The summed E-state index contributed by atoms with van der Waals surface area (Å²) in [5.41, 5.74) is 0. The molecule has 1 aliphatic heterocycles. The number of hydrogen-bond donors (Lipinski definition) is 3. The molecule has 1 rings (SSSR count). The first-order valence-electron chi connectivity index (χ1n) is 3.34. The van der Waals surface area contributed by atoms with Gasteiger partial charge in [0, 0.05) is 6.61 Å². The second-order valence-electron chi connectivity index (χ2n) is 2.44. The van der Waals surface area contributed by atoms with Crippen LogP contribution in [0.3, 0.4) is 0 Å². The van der Waals surface area contributed by atoms with Gasteiger partial charge in [0.05, 0.1) is 12.7 Å². The fourth-order valence-corrected chi connectivity index (χ4v) is 1.02. The van der Waals surface area contributed by atoms with E-state index in [1.165, 1.54) is 0 Å². The Morgan fingerprint density at radius 3 is 2.60 bits per heavy atom. The zero-order chi connectivity index (χ0) is 7.56. The van der Waals surface area contributed by atoms with Crippen LogP contribution in [-0.2, 0) is 4.74 Å². The van der Waals surface area contributed by atoms with Crippen LogP contribution in [0, 0.1) is 0 Å². The molecule has 0 aromatic heterocycles. The van der Waals surface area contributed by atoms with Gasteiger partial charge in [0.1, 0.15) is 12.2 Å². The lowest BCUT2D eigenvalue weighted by atomic mass is 10.0. The van der Waals surface area contributed by atoms with Gasteiger partial charge in [0.25, 0.3) is 0 Å². The molecule has 0 spiro atoms. The first-order valence-corrected chi connectivity index (χ1v) is 3.34. The summed E-state index contributed by atoms with van der Waals surface area (Å²) in [6.45, 7) is 0.168. The van der Waals surface area contributed by atoms with Crippen LogP contribution in [0.1, 0.15) is 6.42 Å². The number of aliphatic hydroxyl groups excluding tert-OH is 3. The first kappa shape index (κ1) is 7.94. The molecule has 60 valence electrons. The van der Waals surface area contributed by atoms with Gasteiger partial charge in [-0.15, -0.1) is 0 Å². The van der Waals surface area contributed by atoms with Gasteiger partial charge in [0.2, 0.25) is 0 Å². The van der Waals surface area contributed by atoms with E-state index in [-0.39, 0.29) is 6.61 Å². The van der Waals surface area contributed by atoms with E-state index in [0.717, 1.165) is 0 Å². The van der Waals surface area contributed by atoms with Crippen LogP contribution in [0.4, 0.5) is 0 Å². The van der Waals surface area contributed by atoms with Crippen molar-refractivity contribution in [2.45, 2.75) is 24.7 Å². The number of aliphatic hydroxyl groups is 3. The van der Waals surface area contributed by atoms with Gasteiger partial charge in [-0.1, -0.05) is 0 Å². The maximum absolute atomic E-state index is 9.10. The van der Waals surface area contributed by atoms with Crippen LogP contribution in [0.25, 0.3) is 0 Å². The maximum Gasteiger partial charge on any atom is 0.109 e. The Kier molecular flexibility index (Phi) is 2.62. The van der Waals surface area contributed by atoms with Gasteiger partial charge < -0.3 is 20.1 Å². The smallest absolute Gasteiger partial charge is 0.109 e. The molecule has 0 amide bonds. The monoisotopic (exact) mass is 148 g/mol.